The molecule has 0 aromatic heterocycles. The van der Waals surface area contributed by atoms with E-state index in [0.29, 0.717) is 25.2 Å². The third-order valence-corrected chi connectivity index (χ3v) is 4.20. The van der Waals surface area contributed by atoms with Crippen LogP contribution in [0.25, 0.3) is 0 Å². The van der Waals surface area contributed by atoms with E-state index < -0.39 is 5.41 Å². The van der Waals surface area contributed by atoms with Crippen molar-refractivity contribution in [3.05, 3.63) is 0 Å². The molecule has 0 spiro atoms. The van der Waals surface area contributed by atoms with Crippen molar-refractivity contribution in [2.24, 2.45) is 5.41 Å². The van der Waals surface area contributed by atoms with Crippen LogP contribution in [0.2, 0.25) is 0 Å². The zero-order chi connectivity index (χ0) is 14.1. The molecule has 0 aromatic carbocycles. The first-order valence-corrected chi connectivity index (χ1v) is 7.83. The van der Waals surface area contributed by atoms with Crippen molar-refractivity contribution < 1.29 is 14.3 Å². The minimum Gasteiger partial charge on any atom is -0.466 e. The Morgan fingerprint density at radius 1 is 1.21 bits per heavy atom. The fraction of sp³-hybridized carbons (Fsp3) is 0.875. The highest BCUT2D eigenvalue weighted by molar-refractivity contribution is 5.89. The second-order valence-corrected chi connectivity index (χ2v) is 5.70. The van der Waals surface area contributed by atoms with Crippen molar-refractivity contribution in [1.29, 1.82) is 0 Å². The third-order valence-electron chi connectivity index (χ3n) is 4.20. The van der Waals surface area contributed by atoms with Crippen LogP contribution in [0.15, 0.2) is 0 Å². The monoisotopic (exact) mass is 268 g/mol. The Morgan fingerprint density at radius 3 is 2.68 bits per heavy atom. The summed E-state index contributed by atoms with van der Waals surface area (Å²) in [4.78, 5) is 24.3. The lowest BCUT2D eigenvalue weighted by Crippen LogP contribution is -2.33. The minimum absolute atomic E-state index is 0.200. The standard InChI is InChI=1S/C16H28O3/c1-3-5-8-11-16(13-15(18)19-4-2)12-9-6-7-10-14(16)17/h3-13H2,1-2H3. The van der Waals surface area contributed by atoms with Crippen molar-refractivity contribution in [2.45, 2.75) is 78.1 Å². The molecule has 3 heteroatoms. The molecule has 0 aromatic rings. The van der Waals surface area contributed by atoms with Crippen LogP contribution in [-0.4, -0.2) is 18.4 Å². The van der Waals surface area contributed by atoms with E-state index in [2.05, 4.69) is 6.92 Å². The summed E-state index contributed by atoms with van der Waals surface area (Å²) >= 11 is 0. The predicted molar refractivity (Wildman–Crippen MR) is 75.9 cm³/mol. The Balaban J connectivity index is 2.74. The van der Waals surface area contributed by atoms with Gasteiger partial charge >= 0.3 is 5.97 Å². The molecule has 0 bridgehead atoms. The third kappa shape index (κ3) is 4.96. The Bertz CT molecular complexity index is 298. The van der Waals surface area contributed by atoms with Crippen molar-refractivity contribution in [2.75, 3.05) is 6.61 Å². The zero-order valence-corrected chi connectivity index (χ0v) is 12.5. The maximum Gasteiger partial charge on any atom is 0.306 e. The van der Waals surface area contributed by atoms with Crippen LogP contribution < -0.4 is 0 Å². The van der Waals surface area contributed by atoms with Crippen LogP contribution in [0.4, 0.5) is 0 Å². The summed E-state index contributed by atoms with van der Waals surface area (Å²) in [5.41, 5.74) is -0.419. The molecule has 0 saturated heterocycles. The molecule has 0 aliphatic heterocycles. The first kappa shape index (κ1) is 16.2. The smallest absolute Gasteiger partial charge is 0.306 e. The number of unbranched alkanes of at least 4 members (excludes halogenated alkanes) is 2. The van der Waals surface area contributed by atoms with Crippen LogP contribution >= 0.6 is 0 Å². The summed E-state index contributed by atoms with van der Waals surface area (Å²) in [6.07, 6.45) is 9.16. The Morgan fingerprint density at radius 2 is 2.00 bits per heavy atom. The van der Waals surface area contributed by atoms with E-state index >= 15 is 0 Å². The van der Waals surface area contributed by atoms with Gasteiger partial charge < -0.3 is 4.74 Å². The molecular weight excluding hydrogens is 240 g/mol. The Labute approximate surface area is 117 Å². The largest absolute Gasteiger partial charge is 0.466 e. The molecule has 110 valence electrons. The SMILES string of the molecule is CCCCCC1(CC(=O)OCC)CCCCCC1=O. The van der Waals surface area contributed by atoms with E-state index in [1.165, 1.54) is 0 Å². The number of Topliss-reactive ketones (excluding diaryl/α,β-unsaturated/α-hetero) is 1. The van der Waals surface area contributed by atoms with Gasteiger partial charge in [0, 0.05) is 11.8 Å². The van der Waals surface area contributed by atoms with Gasteiger partial charge in [-0.2, -0.15) is 0 Å². The van der Waals surface area contributed by atoms with E-state index in [1.54, 1.807) is 0 Å². The molecule has 1 unspecified atom stereocenters. The fourth-order valence-electron chi connectivity index (χ4n) is 3.07. The average Bonchev–Trinajstić information content (AvgIpc) is 2.54. The molecule has 1 saturated carbocycles. The minimum atomic E-state index is -0.419. The van der Waals surface area contributed by atoms with Crippen LogP contribution in [0.3, 0.4) is 0 Å². The van der Waals surface area contributed by atoms with Crippen molar-refractivity contribution in [1.82, 2.24) is 0 Å². The highest BCUT2D eigenvalue weighted by atomic mass is 16.5. The molecule has 19 heavy (non-hydrogen) atoms. The molecular formula is C16H28O3. The normalized spacial score (nSPS) is 24.0. The molecule has 0 heterocycles. The number of ether oxygens (including phenoxy) is 1. The molecule has 1 aliphatic carbocycles. The first-order valence-electron chi connectivity index (χ1n) is 7.83. The Hall–Kier alpha value is -0.860. The molecule has 3 nitrogen and oxygen atoms in total. The van der Waals surface area contributed by atoms with Crippen LogP contribution in [-0.2, 0) is 14.3 Å². The topological polar surface area (TPSA) is 43.4 Å². The summed E-state index contributed by atoms with van der Waals surface area (Å²) in [6, 6.07) is 0. The van der Waals surface area contributed by atoms with E-state index in [1.807, 2.05) is 6.92 Å². The number of hydrogen-bond acceptors (Lipinski definition) is 3. The van der Waals surface area contributed by atoms with Gasteiger partial charge in [-0.1, -0.05) is 39.0 Å². The fourth-order valence-corrected chi connectivity index (χ4v) is 3.07. The summed E-state index contributed by atoms with van der Waals surface area (Å²) in [7, 11) is 0. The number of esters is 1. The zero-order valence-electron chi connectivity index (χ0n) is 12.5. The van der Waals surface area contributed by atoms with Crippen molar-refractivity contribution in [3.63, 3.8) is 0 Å². The van der Waals surface area contributed by atoms with Crippen LogP contribution in [0.1, 0.15) is 78.1 Å². The molecule has 1 aliphatic rings. The predicted octanol–water partition coefficient (Wildman–Crippen LogP) is 4.04. The number of carbonyl (C=O) groups is 2. The highest BCUT2D eigenvalue weighted by Gasteiger charge is 2.40. The van der Waals surface area contributed by atoms with Crippen molar-refractivity contribution in [3.8, 4) is 0 Å². The van der Waals surface area contributed by atoms with Gasteiger partial charge in [-0.15, -0.1) is 0 Å². The summed E-state index contributed by atoms with van der Waals surface area (Å²) in [6.45, 7) is 4.38. The van der Waals surface area contributed by atoms with Gasteiger partial charge in [0.05, 0.1) is 13.0 Å². The van der Waals surface area contributed by atoms with E-state index in [-0.39, 0.29) is 5.97 Å². The van der Waals surface area contributed by atoms with Crippen molar-refractivity contribution >= 4 is 11.8 Å². The molecule has 0 amide bonds. The number of ketones is 1. The highest BCUT2D eigenvalue weighted by Crippen LogP contribution is 2.40. The molecule has 1 atom stereocenters. The van der Waals surface area contributed by atoms with E-state index in [9.17, 15) is 9.59 Å². The quantitative estimate of drug-likeness (QED) is 0.397. The van der Waals surface area contributed by atoms with Gasteiger partial charge in [-0.3, -0.25) is 9.59 Å². The first-order chi connectivity index (χ1) is 9.14. The maximum atomic E-state index is 12.5. The second-order valence-electron chi connectivity index (χ2n) is 5.70. The van der Waals surface area contributed by atoms with Gasteiger partial charge in [-0.25, -0.2) is 0 Å². The van der Waals surface area contributed by atoms with Crippen LogP contribution in [0, 0.1) is 5.41 Å². The number of rotatable bonds is 7. The van der Waals surface area contributed by atoms with Gasteiger partial charge in [0.1, 0.15) is 5.78 Å². The lowest BCUT2D eigenvalue weighted by atomic mass is 9.72. The molecule has 0 N–H and O–H groups in total. The van der Waals surface area contributed by atoms with E-state index in [0.717, 1.165) is 51.4 Å². The Kier molecular flexibility index (Phi) is 7.11. The summed E-state index contributed by atoms with van der Waals surface area (Å²) in [5, 5.41) is 0. The number of hydrogen-bond donors (Lipinski definition) is 0. The van der Waals surface area contributed by atoms with Gasteiger partial charge in [0.15, 0.2) is 0 Å². The summed E-state index contributed by atoms with van der Waals surface area (Å²) in [5.74, 6) is 0.100. The second kappa shape index (κ2) is 8.34. The van der Waals surface area contributed by atoms with Gasteiger partial charge in [-0.05, 0) is 26.2 Å². The average molecular weight is 268 g/mol. The molecule has 0 radical (unpaired) electrons. The molecule has 1 rings (SSSR count). The number of carbonyl (C=O) groups excluding carboxylic acids is 2. The van der Waals surface area contributed by atoms with Gasteiger partial charge in [0.2, 0.25) is 0 Å². The molecule has 1 fully saturated rings. The van der Waals surface area contributed by atoms with E-state index in [4.69, 9.17) is 4.74 Å². The summed E-state index contributed by atoms with van der Waals surface area (Å²) < 4.78 is 5.07. The lowest BCUT2D eigenvalue weighted by molar-refractivity contribution is -0.150. The van der Waals surface area contributed by atoms with Gasteiger partial charge in [0.25, 0.3) is 0 Å². The maximum absolute atomic E-state index is 12.5. The van der Waals surface area contributed by atoms with Crippen LogP contribution in [0.5, 0.6) is 0 Å². The lowest BCUT2D eigenvalue weighted by Gasteiger charge is -2.30.